The van der Waals surface area contributed by atoms with Crippen LogP contribution in [0.2, 0.25) is 0 Å². The van der Waals surface area contributed by atoms with E-state index < -0.39 is 5.60 Å². The number of nitrogens with one attached hydrogen (secondary N) is 1. The minimum Gasteiger partial charge on any atom is -0.444 e. The summed E-state index contributed by atoms with van der Waals surface area (Å²) in [4.78, 5) is 11.6. The highest BCUT2D eigenvalue weighted by Gasteiger charge is 2.16. The van der Waals surface area contributed by atoms with Gasteiger partial charge in [-0.3, -0.25) is 0 Å². The number of carbonyl (C=O) groups is 1. The first kappa shape index (κ1) is 15.9. The van der Waals surface area contributed by atoms with Crippen molar-refractivity contribution in [1.82, 2.24) is 5.32 Å². The van der Waals surface area contributed by atoms with E-state index >= 15 is 0 Å². The van der Waals surface area contributed by atoms with E-state index in [2.05, 4.69) is 29.6 Å². The molecule has 1 aromatic carbocycles. The Morgan fingerprint density at radius 2 is 1.81 bits per heavy atom. The van der Waals surface area contributed by atoms with Crippen molar-refractivity contribution in [2.24, 2.45) is 0 Å². The van der Waals surface area contributed by atoms with Gasteiger partial charge in [-0.25, -0.2) is 4.79 Å². The lowest BCUT2D eigenvalue weighted by Crippen LogP contribution is -2.32. The van der Waals surface area contributed by atoms with Crippen molar-refractivity contribution in [1.29, 1.82) is 0 Å². The summed E-state index contributed by atoms with van der Waals surface area (Å²) in [6.45, 7) is 6.11. The van der Waals surface area contributed by atoms with Gasteiger partial charge in [-0.05, 0) is 50.7 Å². The molecule has 0 spiro atoms. The van der Waals surface area contributed by atoms with E-state index in [1.165, 1.54) is 37.7 Å². The Labute approximate surface area is 129 Å². The topological polar surface area (TPSA) is 38.3 Å². The number of alkyl carbamates (subject to hydrolysis) is 1. The summed E-state index contributed by atoms with van der Waals surface area (Å²) in [5.41, 5.74) is 2.10. The van der Waals surface area contributed by atoms with Gasteiger partial charge in [0.05, 0.1) is 0 Å². The average molecular weight is 291 g/mol. The van der Waals surface area contributed by atoms with E-state index in [1.807, 2.05) is 20.8 Å². The number of hydrogen-bond donors (Lipinski definition) is 1. The molecule has 1 N–H and O–H groups in total. The first-order chi connectivity index (χ1) is 9.94. The molecule has 3 heteroatoms. The maximum absolute atomic E-state index is 11.6. The van der Waals surface area contributed by atoms with Gasteiger partial charge in [0, 0.05) is 7.97 Å². The van der Waals surface area contributed by atoms with Gasteiger partial charge >= 0.3 is 6.09 Å². The van der Waals surface area contributed by atoms with Crippen molar-refractivity contribution in [2.45, 2.75) is 70.9 Å². The molecule has 21 heavy (non-hydrogen) atoms. The van der Waals surface area contributed by atoms with E-state index in [0.29, 0.717) is 6.54 Å². The van der Waals surface area contributed by atoms with Gasteiger partial charge in [-0.15, -0.1) is 0 Å². The summed E-state index contributed by atoms with van der Waals surface area (Å²) in [5, 5.41) is 2.79. The molecule has 1 saturated carbocycles. The Morgan fingerprint density at radius 1 is 1.19 bits per heavy atom. The van der Waals surface area contributed by atoms with Crippen LogP contribution in [0.5, 0.6) is 0 Å². The van der Waals surface area contributed by atoms with Crippen LogP contribution in [0.15, 0.2) is 24.3 Å². The molecule has 3 nitrogen and oxygen atoms in total. The van der Waals surface area contributed by atoms with Gasteiger partial charge in [-0.2, -0.15) is 0 Å². The van der Waals surface area contributed by atoms with Gasteiger partial charge in [-0.1, -0.05) is 43.5 Å². The fraction of sp³-hybridized carbons (Fsp3) is 0.611. The zero-order chi connectivity index (χ0) is 15.3. The largest absolute Gasteiger partial charge is 0.444 e. The molecule has 0 radical (unpaired) electrons. The molecule has 0 bridgehead atoms. The Hall–Kier alpha value is -1.51. The van der Waals surface area contributed by atoms with E-state index in [0.717, 1.165) is 11.5 Å². The second kappa shape index (κ2) is 6.97. The molecule has 1 aromatic rings. The summed E-state index contributed by atoms with van der Waals surface area (Å²) in [6.07, 6.45) is 6.36. The average Bonchev–Trinajstić information content (AvgIpc) is 2.45. The SMILES string of the molecule is CC(C)(C)OC(=O)NCc1ccc(C2CCCCC2)cc1.[HH]. The van der Waals surface area contributed by atoms with Gasteiger partial charge in [0.15, 0.2) is 0 Å². The Morgan fingerprint density at radius 3 is 2.38 bits per heavy atom. The van der Waals surface area contributed by atoms with Crippen molar-refractivity contribution in [3.8, 4) is 0 Å². The molecule has 2 rings (SSSR count). The van der Waals surface area contributed by atoms with Crippen LogP contribution in [0, 0.1) is 0 Å². The first-order valence-corrected chi connectivity index (χ1v) is 8.00. The molecule has 1 aliphatic rings. The zero-order valence-electron chi connectivity index (χ0n) is 13.4. The molecule has 1 fully saturated rings. The van der Waals surface area contributed by atoms with E-state index in [-0.39, 0.29) is 7.52 Å². The van der Waals surface area contributed by atoms with Crippen LogP contribution in [0.3, 0.4) is 0 Å². The molecule has 0 atom stereocenters. The normalized spacial score (nSPS) is 16.5. The maximum atomic E-state index is 11.6. The minimum absolute atomic E-state index is 0. The van der Waals surface area contributed by atoms with Gasteiger partial charge in [0.25, 0.3) is 0 Å². The predicted octanol–water partition coefficient (Wildman–Crippen LogP) is 5.01. The smallest absolute Gasteiger partial charge is 0.407 e. The van der Waals surface area contributed by atoms with Crippen LogP contribution >= 0.6 is 0 Å². The van der Waals surface area contributed by atoms with Gasteiger partial charge < -0.3 is 10.1 Å². The van der Waals surface area contributed by atoms with Crippen molar-refractivity contribution < 1.29 is 11.0 Å². The molecule has 0 aliphatic heterocycles. The lowest BCUT2D eigenvalue weighted by atomic mass is 9.84. The molecule has 0 unspecified atom stereocenters. The third kappa shape index (κ3) is 5.41. The van der Waals surface area contributed by atoms with E-state index in [1.54, 1.807) is 0 Å². The molecule has 0 heterocycles. The lowest BCUT2D eigenvalue weighted by Gasteiger charge is -2.22. The number of benzene rings is 1. The van der Waals surface area contributed by atoms with E-state index in [4.69, 9.17) is 4.74 Å². The van der Waals surface area contributed by atoms with Crippen molar-refractivity contribution in [3.63, 3.8) is 0 Å². The van der Waals surface area contributed by atoms with Crippen LogP contribution in [0.1, 0.15) is 71.3 Å². The fourth-order valence-electron chi connectivity index (χ4n) is 2.83. The zero-order valence-corrected chi connectivity index (χ0v) is 13.4. The third-order valence-corrected chi connectivity index (χ3v) is 3.89. The van der Waals surface area contributed by atoms with Crippen LogP contribution in [0.25, 0.3) is 0 Å². The summed E-state index contributed by atoms with van der Waals surface area (Å²) in [7, 11) is 0. The third-order valence-electron chi connectivity index (χ3n) is 3.89. The van der Waals surface area contributed by atoms with Gasteiger partial charge in [0.1, 0.15) is 5.60 Å². The molecular formula is C18H29NO2. The standard InChI is InChI=1S/C18H27NO2.H2/c1-18(2,3)21-17(20)19-13-14-9-11-16(12-10-14)15-7-5-4-6-8-15;/h9-12,15H,4-8,13H2,1-3H3,(H,19,20);1H. The monoisotopic (exact) mass is 291 g/mol. The molecule has 1 aliphatic carbocycles. The van der Waals surface area contributed by atoms with Crippen molar-refractivity contribution >= 4 is 6.09 Å². The number of hydrogen-bond acceptors (Lipinski definition) is 2. The number of amides is 1. The second-order valence-corrected chi connectivity index (χ2v) is 6.93. The van der Waals surface area contributed by atoms with Gasteiger partial charge in [0.2, 0.25) is 0 Å². The summed E-state index contributed by atoms with van der Waals surface area (Å²) in [5.74, 6) is 0.728. The van der Waals surface area contributed by atoms with Crippen LogP contribution in [-0.2, 0) is 11.3 Å². The molecule has 0 aromatic heterocycles. The van der Waals surface area contributed by atoms with Crippen LogP contribution in [-0.4, -0.2) is 11.7 Å². The quantitative estimate of drug-likeness (QED) is 0.850. The number of carbonyl (C=O) groups excluding carboxylic acids is 1. The van der Waals surface area contributed by atoms with Crippen molar-refractivity contribution in [3.05, 3.63) is 35.4 Å². The highest BCUT2D eigenvalue weighted by molar-refractivity contribution is 5.67. The molecule has 1 amide bonds. The maximum Gasteiger partial charge on any atom is 0.407 e. The summed E-state index contributed by atoms with van der Waals surface area (Å²) < 4.78 is 5.23. The fourth-order valence-corrected chi connectivity index (χ4v) is 2.83. The first-order valence-electron chi connectivity index (χ1n) is 8.00. The van der Waals surface area contributed by atoms with Crippen LogP contribution in [0.4, 0.5) is 4.79 Å². The second-order valence-electron chi connectivity index (χ2n) is 6.93. The van der Waals surface area contributed by atoms with E-state index in [9.17, 15) is 4.79 Å². The summed E-state index contributed by atoms with van der Waals surface area (Å²) in [6, 6.07) is 8.65. The minimum atomic E-state index is -0.449. The lowest BCUT2D eigenvalue weighted by molar-refractivity contribution is 0.0523. The highest BCUT2D eigenvalue weighted by atomic mass is 16.6. The Kier molecular flexibility index (Phi) is 5.27. The molecule has 0 saturated heterocycles. The summed E-state index contributed by atoms with van der Waals surface area (Å²) >= 11 is 0. The molecular weight excluding hydrogens is 262 g/mol. The Bertz CT molecular complexity index is 459. The number of ether oxygens (including phenoxy) is 1. The number of rotatable bonds is 3. The van der Waals surface area contributed by atoms with Crippen molar-refractivity contribution in [2.75, 3.05) is 0 Å². The highest BCUT2D eigenvalue weighted by Crippen LogP contribution is 2.32. The predicted molar refractivity (Wildman–Crippen MR) is 87.5 cm³/mol. The molecule has 118 valence electrons. The Balaban J connectivity index is 0.00000242. The van der Waals surface area contributed by atoms with Crippen LogP contribution < -0.4 is 5.32 Å².